The molecule has 3 aromatic carbocycles. The normalized spacial score (nSPS) is 10.9. The molecule has 0 spiro atoms. The van der Waals surface area contributed by atoms with Crippen LogP contribution in [0.5, 0.6) is 5.75 Å². The molecule has 2 heterocycles. The van der Waals surface area contributed by atoms with Gasteiger partial charge < -0.3 is 20.4 Å². The Bertz CT molecular complexity index is 1520. The van der Waals surface area contributed by atoms with Gasteiger partial charge in [0.15, 0.2) is 0 Å². The number of aromatic nitrogens is 3. The second kappa shape index (κ2) is 12.0. The second-order valence-electron chi connectivity index (χ2n) is 8.62. The first-order valence-corrected chi connectivity index (χ1v) is 12.9. The molecule has 0 unspecified atom stereocenters. The highest BCUT2D eigenvalue weighted by molar-refractivity contribution is 6.35. The molecule has 0 aliphatic heterocycles. The lowest BCUT2D eigenvalue weighted by Crippen LogP contribution is -2.26. The quantitative estimate of drug-likeness (QED) is 0.188. The lowest BCUT2D eigenvalue weighted by Gasteiger charge is -2.15. The minimum atomic E-state index is -0.183. The first kappa shape index (κ1) is 25.6. The number of hydrogen-bond acceptors (Lipinski definition) is 5. The van der Waals surface area contributed by atoms with Crippen LogP contribution in [-0.4, -0.2) is 27.4 Å². The molecule has 38 heavy (non-hydrogen) atoms. The summed E-state index contributed by atoms with van der Waals surface area (Å²) < 4.78 is 6.11. The van der Waals surface area contributed by atoms with Gasteiger partial charge in [0.1, 0.15) is 18.2 Å². The molecule has 3 N–H and O–H groups in total. The van der Waals surface area contributed by atoms with Crippen molar-refractivity contribution in [2.75, 3.05) is 11.9 Å². The highest BCUT2D eigenvalue weighted by atomic mass is 35.5. The van der Waals surface area contributed by atoms with Crippen molar-refractivity contribution < 1.29 is 9.53 Å². The zero-order valence-corrected chi connectivity index (χ0v) is 21.9. The minimum Gasteiger partial charge on any atom is -0.484 e. The number of anilines is 1. The summed E-state index contributed by atoms with van der Waals surface area (Å²) in [6.45, 7) is 1.13. The van der Waals surface area contributed by atoms with E-state index in [-0.39, 0.29) is 12.5 Å². The lowest BCUT2D eigenvalue weighted by molar-refractivity contribution is 0.0954. The van der Waals surface area contributed by atoms with Crippen molar-refractivity contribution >= 4 is 45.8 Å². The van der Waals surface area contributed by atoms with E-state index < -0.39 is 0 Å². The lowest BCUT2D eigenvalue weighted by atomic mass is 10.1. The number of fused-ring (bicyclic) bond motifs is 1. The predicted molar refractivity (Wildman–Crippen MR) is 151 cm³/mol. The van der Waals surface area contributed by atoms with Gasteiger partial charge in [0.2, 0.25) is 0 Å². The largest absolute Gasteiger partial charge is 0.484 e. The number of nitrogens with one attached hydrogen (secondary N) is 3. The van der Waals surface area contributed by atoms with Crippen LogP contribution in [0.2, 0.25) is 10.0 Å². The van der Waals surface area contributed by atoms with Gasteiger partial charge in [-0.3, -0.25) is 9.78 Å². The number of amides is 1. The number of aromatic amines is 1. The maximum Gasteiger partial charge on any atom is 0.251 e. The van der Waals surface area contributed by atoms with Crippen LogP contribution in [0, 0.1) is 0 Å². The average Bonchev–Trinajstić information content (AvgIpc) is 3.35. The Balaban J connectivity index is 1.31. The number of rotatable bonds is 10. The first-order chi connectivity index (χ1) is 18.5. The number of hydrogen-bond donors (Lipinski definition) is 3. The summed E-state index contributed by atoms with van der Waals surface area (Å²) in [6, 6.07) is 24.2. The van der Waals surface area contributed by atoms with Gasteiger partial charge in [-0.1, -0.05) is 47.5 Å². The molecule has 0 radical (unpaired) electrons. The molecule has 0 aliphatic rings. The van der Waals surface area contributed by atoms with Crippen LogP contribution in [-0.2, 0) is 19.6 Å². The van der Waals surface area contributed by atoms with Crippen molar-refractivity contribution in [3.8, 4) is 5.75 Å². The van der Waals surface area contributed by atoms with Crippen LogP contribution in [0.1, 0.15) is 27.4 Å². The van der Waals surface area contributed by atoms with Crippen LogP contribution >= 0.6 is 23.2 Å². The fraction of sp³-hybridized carbons (Fsp3) is 0.138. The van der Waals surface area contributed by atoms with E-state index >= 15 is 0 Å². The molecule has 5 aromatic rings. The Labute approximate surface area is 230 Å². The van der Waals surface area contributed by atoms with E-state index in [9.17, 15) is 4.79 Å². The molecule has 0 bridgehead atoms. The van der Waals surface area contributed by atoms with Crippen molar-refractivity contribution in [2.45, 2.75) is 19.6 Å². The van der Waals surface area contributed by atoms with Gasteiger partial charge >= 0.3 is 0 Å². The number of pyridine rings is 1. The van der Waals surface area contributed by atoms with E-state index in [0.717, 1.165) is 22.3 Å². The number of imidazole rings is 1. The van der Waals surface area contributed by atoms with E-state index in [0.29, 0.717) is 52.4 Å². The fourth-order valence-electron chi connectivity index (χ4n) is 3.96. The smallest absolute Gasteiger partial charge is 0.251 e. The average molecular weight is 546 g/mol. The Hall–Kier alpha value is -4.07. The third-order valence-corrected chi connectivity index (χ3v) is 6.51. The highest BCUT2D eigenvalue weighted by Gasteiger charge is 2.13. The zero-order chi connectivity index (χ0) is 26.3. The number of H-pyrrole nitrogens is 1. The summed E-state index contributed by atoms with van der Waals surface area (Å²) in [4.78, 5) is 25.0. The van der Waals surface area contributed by atoms with Crippen molar-refractivity contribution in [1.82, 2.24) is 20.3 Å². The predicted octanol–water partition coefficient (Wildman–Crippen LogP) is 6.43. The van der Waals surface area contributed by atoms with Gasteiger partial charge in [-0.05, 0) is 60.2 Å². The molecule has 0 fully saturated rings. The maximum atomic E-state index is 12.9. The number of nitrogens with zero attached hydrogens (tertiary/aromatic N) is 2. The SMILES string of the molecule is O=C(NCCc1ccccn1)c1ccc(OCc2nc3ccccc3[nH]2)c(NCc2ccc(Cl)cc2Cl)c1. The van der Waals surface area contributed by atoms with Crippen LogP contribution in [0.3, 0.4) is 0 Å². The molecule has 0 atom stereocenters. The number of para-hydroxylation sites is 2. The molecule has 192 valence electrons. The van der Waals surface area contributed by atoms with Crippen LogP contribution in [0.25, 0.3) is 11.0 Å². The van der Waals surface area contributed by atoms with Crippen molar-refractivity contribution in [3.63, 3.8) is 0 Å². The molecular weight excluding hydrogens is 521 g/mol. The molecule has 7 nitrogen and oxygen atoms in total. The van der Waals surface area contributed by atoms with Gasteiger partial charge in [-0.15, -0.1) is 0 Å². The third kappa shape index (κ3) is 6.43. The molecule has 0 saturated heterocycles. The third-order valence-electron chi connectivity index (χ3n) is 5.92. The van der Waals surface area contributed by atoms with Gasteiger partial charge in [0.05, 0.1) is 16.7 Å². The van der Waals surface area contributed by atoms with E-state index in [2.05, 4.69) is 25.6 Å². The van der Waals surface area contributed by atoms with E-state index in [1.54, 1.807) is 36.5 Å². The van der Waals surface area contributed by atoms with Crippen molar-refractivity contribution in [2.24, 2.45) is 0 Å². The molecule has 0 saturated carbocycles. The Morgan fingerprint density at radius 2 is 1.84 bits per heavy atom. The van der Waals surface area contributed by atoms with Crippen LogP contribution < -0.4 is 15.4 Å². The van der Waals surface area contributed by atoms with Crippen LogP contribution in [0.15, 0.2) is 85.1 Å². The van der Waals surface area contributed by atoms with E-state index in [4.69, 9.17) is 27.9 Å². The molecule has 5 rings (SSSR count). The summed E-state index contributed by atoms with van der Waals surface area (Å²) in [5, 5.41) is 7.44. The van der Waals surface area contributed by atoms with Gasteiger partial charge in [-0.2, -0.15) is 0 Å². The van der Waals surface area contributed by atoms with Crippen molar-refractivity contribution in [1.29, 1.82) is 0 Å². The Morgan fingerprint density at radius 1 is 0.974 bits per heavy atom. The van der Waals surface area contributed by atoms with Gasteiger partial charge in [-0.25, -0.2) is 4.98 Å². The summed E-state index contributed by atoms with van der Waals surface area (Å²) in [6.07, 6.45) is 2.39. The van der Waals surface area contributed by atoms with E-state index in [1.165, 1.54) is 0 Å². The molecule has 0 aliphatic carbocycles. The maximum absolute atomic E-state index is 12.9. The second-order valence-corrected chi connectivity index (χ2v) is 9.46. The fourth-order valence-corrected chi connectivity index (χ4v) is 4.44. The van der Waals surface area contributed by atoms with Gasteiger partial charge in [0, 0.05) is 47.0 Å². The monoisotopic (exact) mass is 545 g/mol. The summed E-state index contributed by atoms with van der Waals surface area (Å²) in [5.41, 5.74) is 4.77. The summed E-state index contributed by atoms with van der Waals surface area (Å²) in [7, 11) is 0. The first-order valence-electron chi connectivity index (χ1n) is 12.1. The Morgan fingerprint density at radius 3 is 2.66 bits per heavy atom. The highest BCUT2D eigenvalue weighted by Crippen LogP contribution is 2.29. The standard InChI is InChI=1S/C29H25Cl2N5O2/c30-21-10-8-20(23(31)16-21)17-34-26-15-19(29(37)33-14-12-22-5-3-4-13-32-22)9-11-27(26)38-18-28-35-24-6-1-2-7-25(24)36-28/h1-11,13,15-16,34H,12,14,17-18H2,(H,33,37)(H,35,36). The molecule has 9 heteroatoms. The number of ether oxygens (including phenoxy) is 1. The number of carbonyl (C=O) groups excluding carboxylic acids is 1. The Kier molecular flexibility index (Phi) is 8.06. The topological polar surface area (TPSA) is 91.9 Å². The molecule has 1 amide bonds. The van der Waals surface area contributed by atoms with Gasteiger partial charge in [0.25, 0.3) is 5.91 Å². The number of carbonyl (C=O) groups is 1. The molecule has 2 aromatic heterocycles. The summed E-state index contributed by atoms with van der Waals surface area (Å²) in [5.74, 6) is 1.10. The van der Waals surface area contributed by atoms with Crippen molar-refractivity contribution in [3.05, 3.63) is 118 Å². The number of benzene rings is 3. The summed E-state index contributed by atoms with van der Waals surface area (Å²) >= 11 is 12.4. The van der Waals surface area contributed by atoms with Crippen LogP contribution in [0.4, 0.5) is 5.69 Å². The molecular formula is C29H25Cl2N5O2. The number of halogens is 2. The van der Waals surface area contributed by atoms with E-state index in [1.807, 2.05) is 48.5 Å². The zero-order valence-electron chi connectivity index (χ0n) is 20.4. The minimum absolute atomic E-state index is 0.183.